The third-order valence-electron chi connectivity index (χ3n) is 3.15. The molecule has 2 heterocycles. The molecular formula is C14H22N4O. The monoisotopic (exact) mass is 262 g/mol. The number of nitrogens with zero attached hydrogens (tertiary/aromatic N) is 3. The molecule has 0 radical (unpaired) electrons. The molecule has 0 fully saturated rings. The van der Waals surface area contributed by atoms with Crippen LogP contribution >= 0.6 is 0 Å². The van der Waals surface area contributed by atoms with Crippen molar-refractivity contribution in [3.05, 3.63) is 42.2 Å². The van der Waals surface area contributed by atoms with E-state index in [1.54, 1.807) is 7.11 Å². The largest absolute Gasteiger partial charge is 0.383 e. The average Bonchev–Trinajstić information content (AvgIpc) is 3.01. The van der Waals surface area contributed by atoms with E-state index in [-0.39, 0.29) is 0 Å². The molecule has 5 nitrogen and oxygen atoms in total. The second-order valence-electron chi connectivity index (χ2n) is 4.60. The van der Waals surface area contributed by atoms with Crippen molar-refractivity contribution in [1.29, 1.82) is 0 Å². The van der Waals surface area contributed by atoms with E-state index in [1.165, 1.54) is 5.56 Å². The van der Waals surface area contributed by atoms with Crippen LogP contribution < -0.4 is 5.32 Å². The van der Waals surface area contributed by atoms with Gasteiger partial charge in [-0.05, 0) is 18.6 Å². The Kier molecular flexibility index (Phi) is 5.18. The predicted molar refractivity (Wildman–Crippen MR) is 75.0 cm³/mol. The summed E-state index contributed by atoms with van der Waals surface area (Å²) in [5.41, 5.74) is 1.30. The number of hydrogen-bond donors (Lipinski definition) is 1. The second-order valence-corrected chi connectivity index (χ2v) is 4.60. The van der Waals surface area contributed by atoms with Crippen LogP contribution in [0.15, 0.2) is 30.9 Å². The van der Waals surface area contributed by atoms with E-state index in [0.717, 1.165) is 38.6 Å². The molecule has 0 bridgehead atoms. The molecule has 0 aliphatic heterocycles. The Morgan fingerprint density at radius 3 is 2.95 bits per heavy atom. The van der Waals surface area contributed by atoms with Gasteiger partial charge in [-0.25, -0.2) is 4.98 Å². The quantitative estimate of drug-likeness (QED) is 0.732. The first-order valence-electron chi connectivity index (χ1n) is 6.61. The Bertz CT molecular complexity index is 489. The van der Waals surface area contributed by atoms with Gasteiger partial charge in [0.15, 0.2) is 0 Å². The van der Waals surface area contributed by atoms with Gasteiger partial charge in [-0.1, -0.05) is 0 Å². The van der Waals surface area contributed by atoms with Gasteiger partial charge in [-0.15, -0.1) is 0 Å². The van der Waals surface area contributed by atoms with E-state index in [2.05, 4.69) is 37.9 Å². The summed E-state index contributed by atoms with van der Waals surface area (Å²) in [4.78, 5) is 4.22. The third kappa shape index (κ3) is 4.22. The standard InChI is InChI=1S/C14H22N4O/c1-13-16-4-7-18(13)9-8-17-6-3-14(12-17)11-15-5-10-19-2/h3-4,6-7,12,15H,5,8-11H2,1-2H3. The number of hydrogen-bond acceptors (Lipinski definition) is 3. The van der Waals surface area contributed by atoms with Crippen molar-refractivity contribution in [2.75, 3.05) is 20.3 Å². The molecular weight excluding hydrogens is 240 g/mol. The van der Waals surface area contributed by atoms with E-state index in [1.807, 2.05) is 19.3 Å². The first-order chi connectivity index (χ1) is 9.29. The number of rotatable bonds is 8. The number of ether oxygens (including phenoxy) is 1. The molecule has 2 rings (SSSR count). The lowest BCUT2D eigenvalue weighted by atomic mass is 10.3. The number of methoxy groups -OCH3 is 1. The Morgan fingerprint density at radius 1 is 1.32 bits per heavy atom. The highest BCUT2D eigenvalue weighted by atomic mass is 16.5. The molecule has 0 atom stereocenters. The van der Waals surface area contributed by atoms with Gasteiger partial charge in [0.25, 0.3) is 0 Å². The summed E-state index contributed by atoms with van der Waals surface area (Å²) in [7, 11) is 1.72. The number of imidazole rings is 1. The topological polar surface area (TPSA) is 44.0 Å². The second kappa shape index (κ2) is 7.11. The molecule has 104 valence electrons. The summed E-state index contributed by atoms with van der Waals surface area (Å²) in [6.45, 7) is 6.48. The summed E-state index contributed by atoms with van der Waals surface area (Å²) in [6.07, 6.45) is 8.17. The van der Waals surface area contributed by atoms with E-state index in [0.29, 0.717) is 0 Å². The van der Waals surface area contributed by atoms with E-state index >= 15 is 0 Å². The molecule has 0 unspecified atom stereocenters. The first-order valence-corrected chi connectivity index (χ1v) is 6.61. The van der Waals surface area contributed by atoms with Crippen LogP contribution in [0.25, 0.3) is 0 Å². The highest BCUT2D eigenvalue weighted by Gasteiger charge is 1.99. The average molecular weight is 262 g/mol. The van der Waals surface area contributed by atoms with Crippen molar-refractivity contribution in [3.8, 4) is 0 Å². The smallest absolute Gasteiger partial charge is 0.105 e. The lowest BCUT2D eigenvalue weighted by Crippen LogP contribution is -2.18. The highest BCUT2D eigenvalue weighted by molar-refractivity contribution is 5.09. The molecule has 0 saturated heterocycles. The van der Waals surface area contributed by atoms with Gasteiger partial charge < -0.3 is 19.2 Å². The highest BCUT2D eigenvalue weighted by Crippen LogP contribution is 2.03. The maximum atomic E-state index is 5.00. The van der Waals surface area contributed by atoms with Crippen LogP contribution in [0.3, 0.4) is 0 Å². The number of aromatic nitrogens is 3. The van der Waals surface area contributed by atoms with Crippen LogP contribution in [-0.4, -0.2) is 34.4 Å². The van der Waals surface area contributed by atoms with Crippen LogP contribution in [-0.2, 0) is 24.4 Å². The summed E-state index contributed by atoms with van der Waals surface area (Å²) in [6, 6.07) is 2.15. The fourth-order valence-electron chi connectivity index (χ4n) is 2.00. The Hall–Kier alpha value is -1.59. The van der Waals surface area contributed by atoms with Gasteiger partial charge in [0, 0.05) is 58.1 Å². The molecule has 0 spiro atoms. The summed E-state index contributed by atoms with van der Waals surface area (Å²) in [5.74, 6) is 1.06. The zero-order valence-corrected chi connectivity index (χ0v) is 11.7. The van der Waals surface area contributed by atoms with E-state index < -0.39 is 0 Å². The zero-order valence-electron chi connectivity index (χ0n) is 11.7. The van der Waals surface area contributed by atoms with Gasteiger partial charge in [0.05, 0.1) is 6.61 Å². The maximum Gasteiger partial charge on any atom is 0.105 e. The molecule has 0 aliphatic carbocycles. The number of aryl methyl sites for hydroxylation is 3. The van der Waals surface area contributed by atoms with Crippen molar-refractivity contribution in [2.45, 2.75) is 26.6 Å². The van der Waals surface area contributed by atoms with E-state index in [9.17, 15) is 0 Å². The Labute approximate surface area is 114 Å². The Morgan fingerprint density at radius 2 is 2.21 bits per heavy atom. The molecule has 1 N–H and O–H groups in total. The van der Waals surface area contributed by atoms with Crippen molar-refractivity contribution in [2.24, 2.45) is 0 Å². The predicted octanol–water partition coefficient (Wildman–Crippen LogP) is 1.43. The lowest BCUT2D eigenvalue weighted by molar-refractivity contribution is 0.199. The van der Waals surface area contributed by atoms with Gasteiger partial charge in [0.1, 0.15) is 5.82 Å². The first kappa shape index (κ1) is 13.8. The van der Waals surface area contributed by atoms with Crippen LogP contribution in [0.5, 0.6) is 0 Å². The van der Waals surface area contributed by atoms with E-state index in [4.69, 9.17) is 4.74 Å². The molecule has 0 aliphatic rings. The molecule has 2 aromatic heterocycles. The molecule has 0 amide bonds. The van der Waals surface area contributed by atoms with Gasteiger partial charge in [0.2, 0.25) is 0 Å². The maximum absolute atomic E-state index is 5.00. The van der Waals surface area contributed by atoms with Crippen molar-refractivity contribution < 1.29 is 4.74 Å². The molecule has 19 heavy (non-hydrogen) atoms. The molecule has 5 heteroatoms. The van der Waals surface area contributed by atoms with Gasteiger partial charge in [-0.2, -0.15) is 0 Å². The van der Waals surface area contributed by atoms with Crippen LogP contribution in [0.4, 0.5) is 0 Å². The minimum atomic E-state index is 0.751. The van der Waals surface area contributed by atoms with Crippen molar-refractivity contribution in [3.63, 3.8) is 0 Å². The summed E-state index contributed by atoms with van der Waals surface area (Å²) >= 11 is 0. The zero-order chi connectivity index (χ0) is 13.5. The lowest BCUT2D eigenvalue weighted by Gasteiger charge is -2.06. The SMILES string of the molecule is COCCNCc1ccn(CCn2ccnc2C)c1. The third-order valence-corrected chi connectivity index (χ3v) is 3.15. The molecule has 0 aromatic carbocycles. The van der Waals surface area contributed by atoms with Crippen LogP contribution in [0.1, 0.15) is 11.4 Å². The molecule has 0 saturated carbocycles. The van der Waals surface area contributed by atoms with Crippen LogP contribution in [0, 0.1) is 6.92 Å². The minimum Gasteiger partial charge on any atom is -0.383 e. The molecule has 2 aromatic rings. The fraction of sp³-hybridized carbons (Fsp3) is 0.500. The van der Waals surface area contributed by atoms with Crippen molar-refractivity contribution in [1.82, 2.24) is 19.4 Å². The van der Waals surface area contributed by atoms with Gasteiger partial charge >= 0.3 is 0 Å². The summed E-state index contributed by atoms with van der Waals surface area (Å²) in [5, 5.41) is 3.34. The normalized spacial score (nSPS) is 11.1. The summed E-state index contributed by atoms with van der Waals surface area (Å²) < 4.78 is 9.38. The minimum absolute atomic E-state index is 0.751. The van der Waals surface area contributed by atoms with Gasteiger partial charge in [-0.3, -0.25) is 0 Å². The number of nitrogens with one attached hydrogen (secondary N) is 1. The van der Waals surface area contributed by atoms with Crippen molar-refractivity contribution >= 4 is 0 Å². The van der Waals surface area contributed by atoms with Crippen LogP contribution in [0.2, 0.25) is 0 Å². The Balaban J connectivity index is 1.76. The fourth-order valence-corrected chi connectivity index (χ4v) is 2.00.